The lowest BCUT2D eigenvalue weighted by Crippen LogP contribution is -2.28. The summed E-state index contributed by atoms with van der Waals surface area (Å²) in [6, 6.07) is 17.5. The maximum atomic E-state index is 5.05. The van der Waals surface area contributed by atoms with Crippen molar-refractivity contribution in [3.05, 3.63) is 54.2 Å². The van der Waals surface area contributed by atoms with Crippen LogP contribution in [0, 0.1) is 0 Å². The third-order valence-electron chi connectivity index (χ3n) is 4.59. The van der Waals surface area contributed by atoms with Gasteiger partial charge in [0.05, 0.1) is 17.3 Å². The molecule has 0 saturated heterocycles. The Kier molecular flexibility index (Phi) is 4.39. The molecular formula is C20H24N2. The molecule has 0 amide bonds. The minimum absolute atomic E-state index is 0.379. The Bertz CT molecular complexity index is 775. The largest absolute Gasteiger partial charge is 0.295 e. The number of rotatable bonds is 5. The summed E-state index contributed by atoms with van der Waals surface area (Å²) in [5.74, 6) is 0. The second-order valence-electron chi connectivity index (χ2n) is 5.71. The number of pyridine rings is 1. The van der Waals surface area contributed by atoms with E-state index in [9.17, 15) is 0 Å². The van der Waals surface area contributed by atoms with E-state index < -0.39 is 0 Å². The molecule has 0 radical (unpaired) electrons. The van der Waals surface area contributed by atoms with Crippen LogP contribution in [-0.2, 0) is 0 Å². The van der Waals surface area contributed by atoms with Crippen LogP contribution >= 0.6 is 0 Å². The number of para-hydroxylation sites is 1. The van der Waals surface area contributed by atoms with Crippen LogP contribution in [0.1, 0.15) is 38.9 Å². The first-order chi connectivity index (χ1) is 10.8. The quantitative estimate of drug-likeness (QED) is 0.602. The molecule has 2 nitrogen and oxygen atoms in total. The molecule has 3 aromatic rings. The van der Waals surface area contributed by atoms with Gasteiger partial charge < -0.3 is 0 Å². The van der Waals surface area contributed by atoms with E-state index in [0.717, 1.165) is 25.0 Å². The van der Waals surface area contributed by atoms with Crippen molar-refractivity contribution in [3.63, 3.8) is 0 Å². The lowest BCUT2D eigenvalue weighted by atomic mass is 9.98. The van der Waals surface area contributed by atoms with Gasteiger partial charge in [-0.15, -0.1) is 0 Å². The van der Waals surface area contributed by atoms with Gasteiger partial charge in [-0.3, -0.25) is 9.88 Å². The van der Waals surface area contributed by atoms with Gasteiger partial charge in [0.25, 0.3) is 0 Å². The van der Waals surface area contributed by atoms with Crippen LogP contribution in [0.25, 0.3) is 21.7 Å². The highest BCUT2D eigenvalue weighted by molar-refractivity contribution is 6.06. The summed E-state index contributed by atoms with van der Waals surface area (Å²) in [5.41, 5.74) is 2.32. The topological polar surface area (TPSA) is 16.1 Å². The molecule has 0 bridgehead atoms. The van der Waals surface area contributed by atoms with Crippen LogP contribution < -0.4 is 0 Å². The summed E-state index contributed by atoms with van der Waals surface area (Å²) >= 11 is 0. The number of hydrogen-bond acceptors (Lipinski definition) is 2. The molecule has 0 aliphatic carbocycles. The van der Waals surface area contributed by atoms with Crippen molar-refractivity contribution in [2.24, 2.45) is 0 Å². The van der Waals surface area contributed by atoms with Gasteiger partial charge in [-0.2, -0.15) is 0 Å². The molecule has 0 N–H and O–H groups in total. The number of fused-ring (bicyclic) bond motifs is 3. The third kappa shape index (κ3) is 2.48. The molecule has 1 unspecified atom stereocenters. The fraction of sp³-hybridized carbons (Fsp3) is 0.350. The molecule has 0 fully saturated rings. The van der Waals surface area contributed by atoms with E-state index in [0.29, 0.717) is 6.04 Å². The third-order valence-corrected chi connectivity index (χ3v) is 4.59. The van der Waals surface area contributed by atoms with Gasteiger partial charge >= 0.3 is 0 Å². The van der Waals surface area contributed by atoms with Gasteiger partial charge in [0, 0.05) is 10.8 Å². The van der Waals surface area contributed by atoms with Gasteiger partial charge in [-0.1, -0.05) is 63.2 Å². The van der Waals surface area contributed by atoms with E-state index >= 15 is 0 Å². The van der Waals surface area contributed by atoms with Crippen LogP contribution in [0.5, 0.6) is 0 Å². The highest BCUT2D eigenvalue weighted by atomic mass is 15.2. The first kappa shape index (κ1) is 15.0. The van der Waals surface area contributed by atoms with E-state index in [2.05, 4.69) is 74.2 Å². The van der Waals surface area contributed by atoms with Crippen molar-refractivity contribution in [2.75, 3.05) is 13.1 Å². The first-order valence-electron chi connectivity index (χ1n) is 8.31. The highest BCUT2D eigenvalue weighted by Gasteiger charge is 2.20. The number of aromatic nitrogens is 1. The van der Waals surface area contributed by atoms with E-state index in [4.69, 9.17) is 4.98 Å². The second kappa shape index (κ2) is 6.45. The predicted octanol–water partition coefficient (Wildman–Crippen LogP) is 5.18. The van der Waals surface area contributed by atoms with E-state index in [-0.39, 0.29) is 0 Å². The summed E-state index contributed by atoms with van der Waals surface area (Å²) < 4.78 is 0. The van der Waals surface area contributed by atoms with Crippen molar-refractivity contribution in [1.29, 1.82) is 0 Å². The van der Waals surface area contributed by atoms with Gasteiger partial charge in [-0.25, -0.2) is 0 Å². The molecule has 1 atom stereocenters. The molecule has 0 aliphatic rings. The van der Waals surface area contributed by atoms with Crippen LogP contribution in [0.2, 0.25) is 0 Å². The lowest BCUT2D eigenvalue weighted by Gasteiger charge is -2.29. The number of benzene rings is 2. The van der Waals surface area contributed by atoms with Crippen LogP contribution in [0.3, 0.4) is 0 Å². The minimum atomic E-state index is 0.379. The fourth-order valence-corrected chi connectivity index (χ4v) is 3.47. The zero-order valence-electron chi connectivity index (χ0n) is 13.7. The Morgan fingerprint density at radius 1 is 0.818 bits per heavy atom. The molecule has 1 heterocycles. The fourth-order valence-electron chi connectivity index (χ4n) is 3.47. The Labute approximate surface area is 132 Å². The van der Waals surface area contributed by atoms with Gasteiger partial charge in [0.1, 0.15) is 0 Å². The van der Waals surface area contributed by atoms with Crippen molar-refractivity contribution < 1.29 is 0 Å². The van der Waals surface area contributed by atoms with Crippen LogP contribution in [0.4, 0.5) is 0 Å². The average Bonchev–Trinajstić information content (AvgIpc) is 2.59. The van der Waals surface area contributed by atoms with Gasteiger partial charge in [0.15, 0.2) is 0 Å². The average molecular weight is 292 g/mol. The number of nitrogens with zero attached hydrogens (tertiary/aromatic N) is 2. The Hall–Kier alpha value is -1.93. The second-order valence-corrected chi connectivity index (χ2v) is 5.71. The molecule has 0 aliphatic heterocycles. The molecule has 2 heteroatoms. The Morgan fingerprint density at radius 2 is 1.41 bits per heavy atom. The van der Waals surface area contributed by atoms with Gasteiger partial charge in [-0.05, 0) is 31.0 Å². The summed E-state index contributed by atoms with van der Waals surface area (Å²) in [4.78, 5) is 7.55. The first-order valence-corrected chi connectivity index (χ1v) is 8.31. The van der Waals surface area contributed by atoms with E-state index in [1.54, 1.807) is 0 Å². The predicted molar refractivity (Wildman–Crippen MR) is 95.2 cm³/mol. The lowest BCUT2D eigenvalue weighted by molar-refractivity contribution is 0.211. The van der Waals surface area contributed by atoms with Crippen LogP contribution in [0.15, 0.2) is 48.5 Å². The standard InChI is InChI=1S/C20H24N2/c1-4-19(22(5-2)6-3)20-17-13-8-7-11-15(17)16-12-9-10-14-18(16)21-20/h7-14,19H,4-6H2,1-3H3. The van der Waals surface area contributed by atoms with Crippen molar-refractivity contribution in [2.45, 2.75) is 33.2 Å². The normalized spacial score (nSPS) is 13.1. The van der Waals surface area contributed by atoms with E-state index in [1.807, 2.05) is 0 Å². The summed E-state index contributed by atoms with van der Waals surface area (Å²) in [7, 11) is 0. The molecular weight excluding hydrogens is 268 g/mol. The van der Waals surface area contributed by atoms with Crippen molar-refractivity contribution in [3.8, 4) is 0 Å². The monoisotopic (exact) mass is 292 g/mol. The summed E-state index contributed by atoms with van der Waals surface area (Å²) in [6.45, 7) is 8.83. The zero-order valence-corrected chi connectivity index (χ0v) is 13.7. The Balaban J connectivity index is 2.31. The molecule has 0 saturated carbocycles. The smallest absolute Gasteiger partial charge is 0.0712 e. The van der Waals surface area contributed by atoms with Crippen LogP contribution in [-0.4, -0.2) is 23.0 Å². The number of hydrogen-bond donors (Lipinski definition) is 0. The van der Waals surface area contributed by atoms with Gasteiger partial charge in [0.2, 0.25) is 0 Å². The van der Waals surface area contributed by atoms with E-state index in [1.165, 1.54) is 21.9 Å². The molecule has 114 valence electrons. The molecule has 0 spiro atoms. The molecule has 2 aromatic carbocycles. The SMILES string of the molecule is CCC(c1nc2ccccc2c2ccccc12)N(CC)CC. The highest BCUT2D eigenvalue weighted by Crippen LogP contribution is 2.33. The summed E-state index contributed by atoms with van der Waals surface area (Å²) in [5, 5.41) is 3.85. The minimum Gasteiger partial charge on any atom is -0.295 e. The van der Waals surface area contributed by atoms with Crippen molar-refractivity contribution in [1.82, 2.24) is 9.88 Å². The summed E-state index contributed by atoms with van der Waals surface area (Å²) in [6.07, 6.45) is 1.08. The zero-order chi connectivity index (χ0) is 15.5. The molecule has 22 heavy (non-hydrogen) atoms. The maximum Gasteiger partial charge on any atom is 0.0712 e. The molecule has 1 aromatic heterocycles. The maximum absolute atomic E-state index is 5.05. The van der Waals surface area contributed by atoms with Crippen molar-refractivity contribution >= 4 is 21.7 Å². The molecule has 3 rings (SSSR count). The Morgan fingerprint density at radius 3 is 2.05 bits per heavy atom.